The van der Waals surface area contributed by atoms with Gasteiger partial charge in [-0.25, -0.2) is 0 Å². The van der Waals surface area contributed by atoms with Crippen molar-refractivity contribution >= 4 is 5.97 Å². The molecule has 0 saturated heterocycles. The highest BCUT2D eigenvalue weighted by molar-refractivity contribution is 5.80. The van der Waals surface area contributed by atoms with Crippen LogP contribution >= 0.6 is 0 Å². The minimum absolute atomic E-state index is 0.434. The molecule has 2 nitrogen and oxygen atoms in total. The number of carbonyl (C=O) groups is 1. The highest BCUT2D eigenvalue weighted by atomic mass is 16.4. The number of carboxylic acids is 1. The molecule has 3 aliphatic rings. The molecule has 2 heteroatoms. The second-order valence-corrected chi connectivity index (χ2v) is 5.72. The fourth-order valence-corrected chi connectivity index (χ4v) is 3.55. The van der Waals surface area contributed by atoms with Crippen LogP contribution in [-0.4, -0.2) is 11.1 Å². The Hall–Kier alpha value is -0.790. The predicted octanol–water partition coefficient (Wildman–Crippen LogP) is 3.13. The lowest BCUT2D eigenvalue weighted by atomic mass is 9.55. The second kappa shape index (κ2) is 2.87. The molecule has 0 heterocycles. The van der Waals surface area contributed by atoms with E-state index in [1.54, 1.807) is 0 Å². The first kappa shape index (κ1) is 9.44. The van der Waals surface area contributed by atoms with Crippen LogP contribution in [-0.2, 0) is 4.79 Å². The van der Waals surface area contributed by atoms with E-state index in [4.69, 9.17) is 0 Å². The largest absolute Gasteiger partial charge is 0.481 e. The van der Waals surface area contributed by atoms with Gasteiger partial charge in [0.15, 0.2) is 0 Å². The van der Waals surface area contributed by atoms with Crippen molar-refractivity contribution in [1.82, 2.24) is 0 Å². The molecule has 0 amide bonds. The van der Waals surface area contributed by atoms with Gasteiger partial charge in [0, 0.05) is 0 Å². The summed E-state index contributed by atoms with van der Waals surface area (Å²) in [6.45, 7) is 0. The van der Waals surface area contributed by atoms with Crippen molar-refractivity contribution in [2.24, 2.45) is 10.8 Å². The van der Waals surface area contributed by atoms with Gasteiger partial charge in [-0.1, -0.05) is 11.6 Å². The SMILES string of the molecule is O=C(O)C1(C2=CCCCC2)CC2(CC2)C1. The molecule has 0 unspecified atom stereocenters. The topological polar surface area (TPSA) is 37.3 Å². The van der Waals surface area contributed by atoms with Crippen molar-refractivity contribution < 1.29 is 9.90 Å². The molecule has 82 valence electrons. The third kappa shape index (κ3) is 1.27. The summed E-state index contributed by atoms with van der Waals surface area (Å²) in [5, 5.41) is 9.46. The molecule has 0 atom stereocenters. The lowest BCUT2D eigenvalue weighted by Gasteiger charge is -2.47. The number of rotatable bonds is 2. The summed E-state index contributed by atoms with van der Waals surface area (Å²) in [5.41, 5.74) is 1.28. The molecule has 1 N–H and O–H groups in total. The van der Waals surface area contributed by atoms with Gasteiger partial charge in [-0.05, 0) is 56.8 Å². The zero-order chi connectivity index (χ0) is 10.5. The predicted molar refractivity (Wildman–Crippen MR) is 57.5 cm³/mol. The van der Waals surface area contributed by atoms with E-state index in [2.05, 4.69) is 6.08 Å². The van der Waals surface area contributed by atoms with E-state index in [1.807, 2.05) is 0 Å². The molecule has 3 rings (SSSR count). The minimum Gasteiger partial charge on any atom is -0.481 e. The van der Waals surface area contributed by atoms with E-state index in [9.17, 15) is 9.90 Å². The fraction of sp³-hybridized carbons (Fsp3) is 0.769. The van der Waals surface area contributed by atoms with E-state index in [-0.39, 0.29) is 0 Å². The maximum atomic E-state index is 11.5. The smallest absolute Gasteiger partial charge is 0.313 e. The van der Waals surface area contributed by atoms with Crippen molar-refractivity contribution in [1.29, 1.82) is 0 Å². The Morgan fingerprint density at radius 3 is 2.47 bits per heavy atom. The van der Waals surface area contributed by atoms with Crippen LogP contribution in [0, 0.1) is 10.8 Å². The monoisotopic (exact) mass is 206 g/mol. The quantitative estimate of drug-likeness (QED) is 0.705. The normalized spacial score (nSPS) is 30.5. The number of aliphatic carboxylic acids is 1. The van der Waals surface area contributed by atoms with E-state index in [1.165, 1.54) is 31.3 Å². The summed E-state index contributed by atoms with van der Waals surface area (Å²) < 4.78 is 0. The molecule has 15 heavy (non-hydrogen) atoms. The lowest BCUT2D eigenvalue weighted by molar-refractivity contribution is -0.155. The van der Waals surface area contributed by atoms with Gasteiger partial charge < -0.3 is 5.11 Å². The van der Waals surface area contributed by atoms with Crippen molar-refractivity contribution in [3.8, 4) is 0 Å². The van der Waals surface area contributed by atoms with Crippen LogP contribution in [0.5, 0.6) is 0 Å². The molecule has 0 radical (unpaired) electrons. The van der Waals surface area contributed by atoms with E-state index in [0.29, 0.717) is 5.41 Å². The summed E-state index contributed by atoms with van der Waals surface area (Å²) in [4.78, 5) is 11.5. The molecule has 0 aromatic heterocycles. The van der Waals surface area contributed by atoms with Gasteiger partial charge >= 0.3 is 5.97 Å². The van der Waals surface area contributed by atoms with Crippen LogP contribution in [0.25, 0.3) is 0 Å². The van der Waals surface area contributed by atoms with Gasteiger partial charge in [-0.2, -0.15) is 0 Å². The molecule has 0 aromatic rings. The van der Waals surface area contributed by atoms with Crippen LogP contribution in [0.4, 0.5) is 0 Å². The van der Waals surface area contributed by atoms with Crippen LogP contribution in [0.3, 0.4) is 0 Å². The Labute approximate surface area is 90.4 Å². The molecule has 0 aliphatic heterocycles. The lowest BCUT2D eigenvalue weighted by Crippen LogP contribution is -2.46. The van der Waals surface area contributed by atoms with Gasteiger partial charge in [0.25, 0.3) is 0 Å². The molecular weight excluding hydrogens is 188 g/mol. The molecule has 0 aromatic carbocycles. The molecular formula is C13H18O2. The first-order chi connectivity index (χ1) is 7.17. The van der Waals surface area contributed by atoms with E-state index >= 15 is 0 Å². The zero-order valence-corrected chi connectivity index (χ0v) is 9.09. The number of allylic oxidation sites excluding steroid dienone is 1. The Balaban J connectivity index is 1.85. The first-order valence-corrected chi connectivity index (χ1v) is 6.10. The van der Waals surface area contributed by atoms with Crippen LogP contribution in [0.2, 0.25) is 0 Å². The number of hydrogen-bond acceptors (Lipinski definition) is 1. The summed E-state index contributed by atoms with van der Waals surface area (Å²) in [6, 6.07) is 0. The molecule has 3 aliphatic carbocycles. The van der Waals surface area contributed by atoms with E-state index < -0.39 is 11.4 Å². The average molecular weight is 206 g/mol. The standard InChI is InChI=1S/C13H18O2/c14-11(15)13(8-12(9-13)6-7-12)10-4-2-1-3-5-10/h4H,1-3,5-9H2,(H,14,15). The van der Waals surface area contributed by atoms with Gasteiger partial charge in [0.1, 0.15) is 0 Å². The maximum absolute atomic E-state index is 11.5. The van der Waals surface area contributed by atoms with Crippen molar-refractivity contribution in [3.63, 3.8) is 0 Å². The molecule has 2 saturated carbocycles. The third-order valence-corrected chi connectivity index (χ3v) is 4.63. The van der Waals surface area contributed by atoms with Crippen LogP contribution in [0.1, 0.15) is 51.4 Å². The van der Waals surface area contributed by atoms with Crippen LogP contribution in [0.15, 0.2) is 11.6 Å². The third-order valence-electron chi connectivity index (χ3n) is 4.63. The maximum Gasteiger partial charge on any atom is 0.313 e. The summed E-state index contributed by atoms with van der Waals surface area (Å²) in [7, 11) is 0. The summed E-state index contributed by atoms with van der Waals surface area (Å²) >= 11 is 0. The Kier molecular flexibility index (Phi) is 1.80. The Morgan fingerprint density at radius 2 is 2.00 bits per heavy atom. The van der Waals surface area contributed by atoms with Crippen molar-refractivity contribution in [3.05, 3.63) is 11.6 Å². The molecule has 1 spiro atoms. The van der Waals surface area contributed by atoms with E-state index in [0.717, 1.165) is 25.7 Å². The number of carboxylic acid groups (broad SMARTS) is 1. The summed E-state index contributed by atoms with van der Waals surface area (Å²) in [5.74, 6) is -0.562. The minimum atomic E-state index is -0.562. The molecule has 2 fully saturated rings. The average Bonchev–Trinajstić information content (AvgIpc) is 2.95. The van der Waals surface area contributed by atoms with Gasteiger partial charge in [0.2, 0.25) is 0 Å². The van der Waals surface area contributed by atoms with Crippen molar-refractivity contribution in [2.45, 2.75) is 51.4 Å². The van der Waals surface area contributed by atoms with Gasteiger partial charge in [-0.3, -0.25) is 4.79 Å². The van der Waals surface area contributed by atoms with Gasteiger partial charge in [-0.15, -0.1) is 0 Å². The van der Waals surface area contributed by atoms with Crippen LogP contribution < -0.4 is 0 Å². The zero-order valence-electron chi connectivity index (χ0n) is 9.09. The number of hydrogen-bond donors (Lipinski definition) is 1. The highest BCUT2D eigenvalue weighted by Crippen LogP contribution is 2.71. The van der Waals surface area contributed by atoms with Crippen molar-refractivity contribution in [2.75, 3.05) is 0 Å². The Morgan fingerprint density at radius 1 is 1.27 bits per heavy atom. The summed E-state index contributed by atoms with van der Waals surface area (Å²) in [6.07, 6.45) is 11.2. The fourth-order valence-electron chi connectivity index (χ4n) is 3.55. The highest BCUT2D eigenvalue weighted by Gasteiger charge is 2.65. The van der Waals surface area contributed by atoms with Gasteiger partial charge in [0.05, 0.1) is 5.41 Å². The first-order valence-electron chi connectivity index (χ1n) is 6.10. The molecule has 0 bridgehead atoms. The Bertz CT molecular complexity index is 328. The second-order valence-electron chi connectivity index (χ2n) is 5.72.